The maximum Gasteiger partial charge on any atom is 0.232 e. The number of benzene rings is 2. The smallest absolute Gasteiger partial charge is 0.232 e. The standard InChI is InChI=1S/C30H37BrN10O2S/c1-38-15-17-41(18-16-38)22-9-13-40(14-10-22)23-6-4-5-21(19-23)35-30-34-20-24(31)29(37-30)36-26-8-7-25-27(33-12-11-32-25)28(26)39(2)44(3,42)43/h4-8,11-12,19-20,22H,9-10,13-18H2,1-3H3,(H2,34,35,36,37). The van der Waals surface area contributed by atoms with Gasteiger partial charge in [-0.15, -0.1) is 0 Å². The summed E-state index contributed by atoms with van der Waals surface area (Å²) in [5.74, 6) is 0.872. The summed E-state index contributed by atoms with van der Waals surface area (Å²) in [5.41, 5.74) is 3.98. The van der Waals surface area contributed by atoms with E-state index in [1.165, 1.54) is 36.1 Å². The fraction of sp³-hybridized carbons (Fsp3) is 0.400. The first-order valence-corrected chi connectivity index (χ1v) is 17.3. The van der Waals surface area contributed by atoms with Gasteiger partial charge >= 0.3 is 0 Å². The summed E-state index contributed by atoms with van der Waals surface area (Å²) < 4.78 is 26.9. The Balaban J connectivity index is 1.18. The van der Waals surface area contributed by atoms with Crippen LogP contribution in [-0.2, 0) is 10.0 Å². The number of fused-ring (bicyclic) bond motifs is 1. The third-order valence-corrected chi connectivity index (χ3v) is 10.2. The quantitative estimate of drug-likeness (QED) is 0.277. The predicted molar refractivity (Wildman–Crippen MR) is 180 cm³/mol. The van der Waals surface area contributed by atoms with Crippen molar-refractivity contribution in [1.29, 1.82) is 0 Å². The third kappa shape index (κ3) is 6.72. The summed E-state index contributed by atoms with van der Waals surface area (Å²) in [6.07, 6.45) is 8.26. The molecule has 0 saturated carbocycles. The topological polar surface area (TPSA) is 123 Å². The first-order valence-electron chi connectivity index (χ1n) is 14.7. The average molecular weight is 682 g/mol. The molecule has 12 nitrogen and oxygen atoms in total. The van der Waals surface area contributed by atoms with Crippen molar-refractivity contribution in [1.82, 2.24) is 29.7 Å². The lowest BCUT2D eigenvalue weighted by molar-refractivity contribution is 0.0982. The number of sulfonamides is 1. The molecule has 6 rings (SSSR count). The molecule has 2 N–H and O–H groups in total. The second kappa shape index (κ2) is 12.8. The number of likely N-dealkylation sites (N-methyl/N-ethyl adjacent to an activating group) is 1. The SMILES string of the molecule is CN1CCN(C2CCN(c3cccc(Nc4ncc(Br)c(Nc5ccc6nccnc6c5N(C)S(C)(=O)=O)n4)c3)CC2)CC1. The van der Waals surface area contributed by atoms with E-state index in [1.807, 2.05) is 12.1 Å². The first kappa shape index (κ1) is 30.4. The van der Waals surface area contributed by atoms with Gasteiger partial charge < -0.3 is 20.4 Å². The van der Waals surface area contributed by atoms with E-state index in [0.29, 0.717) is 44.7 Å². The Labute approximate surface area is 266 Å². The highest BCUT2D eigenvalue weighted by molar-refractivity contribution is 9.10. The van der Waals surface area contributed by atoms with Gasteiger partial charge in [0.25, 0.3) is 0 Å². The van der Waals surface area contributed by atoms with Crippen LogP contribution in [0.2, 0.25) is 0 Å². The van der Waals surface area contributed by atoms with Gasteiger partial charge in [-0.05, 0) is 66.2 Å². The highest BCUT2D eigenvalue weighted by Gasteiger charge is 2.27. The zero-order chi connectivity index (χ0) is 30.8. The Morgan fingerprint density at radius 3 is 2.45 bits per heavy atom. The van der Waals surface area contributed by atoms with Crippen LogP contribution >= 0.6 is 15.9 Å². The molecule has 0 atom stereocenters. The summed E-state index contributed by atoms with van der Waals surface area (Å²) in [6, 6.07) is 12.6. The van der Waals surface area contributed by atoms with E-state index in [-0.39, 0.29) is 0 Å². The van der Waals surface area contributed by atoms with Gasteiger partial charge in [-0.3, -0.25) is 19.2 Å². The molecular formula is C30H37BrN10O2S. The minimum Gasteiger partial charge on any atom is -0.371 e. The second-order valence-corrected chi connectivity index (χ2v) is 14.2. The number of piperidine rings is 1. The van der Waals surface area contributed by atoms with E-state index < -0.39 is 10.0 Å². The van der Waals surface area contributed by atoms with Gasteiger partial charge in [0.2, 0.25) is 16.0 Å². The summed E-state index contributed by atoms with van der Waals surface area (Å²) in [5, 5.41) is 6.62. The highest BCUT2D eigenvalue weighted by Crippen LogP contribution is 2.36. The lowest BCUT2D eigenvalue weighted by Gasteiger charge is -2.42. The van der Waals surface area contributed by atoms with Crippen molar-refractivity contribution < 1.29 is 8.42 Å². The maximum atomic E-state index is 12.5. The molecule has 2 fully saturated rings. The van der Waals surface area contributed by atoms with Crippen LogP contribution in [0.25, 0.3) is 11.0 Å². The molecule has 0 amide bonds. The molecule has 0 bridgehead atoms. The molecule has 2 aliphatic rings. The van der Waals surface area contributed by atoms with E-state index in [0.717, 1.165) is 51.2 Å². The van der Waals surface area contributed by atoms with Gasteiger partial charge in [-0.2, -0.15) is 4.98 Å². The van der Waals surface area contributed by atoms with Gasteiger partial charge in [0.1, 0.15) is 17.0 Å². The number of piperazine rings is 1. The lowest BCUT2D eigenvalue weighted by Crippen LogP contribution is -2.52. The van der Waals surface area contributed by atoms with Crippen LogP contribution in [0.5, 0.6) is 0 Å². The number of nitrogens with zero attached hydrogens (tertiary/aromatic N) is 8. The Kier molecular flexibility index (Phi) is 8.85. The lowest BCUT2D eigenvalue weighted by atomic mass is 10.0. The molecule has 2 aliphatic heterocycles. The molecular weight excluding hydrogens is 644 g/mol. The van der Waals surface area contributed by atoms with Crippen LogP contribution in [0.3, 0.4) is 0 Å². The summed E-state index contributed by atoms with van der Waals surface area (Å²) in [4.78, 5) is 25.5. The number of nitrogens with one attached hydrogen (secondary N) is 2. The highest BCUT2D eigenvalue weighted by atomic mass is 79.9. The molecule has 2 aromatic carbocycles. The van der Waals surface area contributed by atoms with Gasteiger partial charge in [-0.1, -0.05) is 6.07 Å². The molecule has 0 spiro atoms. The van der Waals surface area contributed by atoms with Crippen molar-refractivity contribution in [3.63, 3.8) is 0 Å². The maximum absolute atomic E-state index is 12.5. The Morgan fingerprint density at radius 2 is 1.70 bits per heavy atom. The van der Waals surface area contributed by atoms with Crippen LogP contribution < -0.4 is 19.8 Å². The number of hydrogen-bond donors (Lipinski definition) is 2. The van der Waals surface area contributed by atoms with E-state index in [9.17, 15) is 8.42 Å². The molecule has 14 heteroatoms. The largest absolute Gasteiger partial charge is 0.371 e. The van der Waals surface area contributed by atoms with E-state index >= 15 is 0 Å². The van der Waals surface area contributed by atoms with Crippen molar-refractivity contribution in [3.05, 3.63) is 59.5 Å². The number of halogens is 1. The summed E-state index contributed by atoms with van der Waals surface area (Å²) in [6.45, 7) is 6.69. The van der Waals surface area contributed by atoms with Crippen molar-refractivity contribution in [2.75, 3.05) is 79.5 Å². The molecule has 2 aromatic heterocycles. The minimum atomic E-state index is -3.58. The Morgan fingerprint density at radius 1 is 0.955 bits per heavy atom. The first-order chi connectivity index (χ1) is 21.2. The van der Waals surface area contributed by atoms with Gasteiger partial charge in [-0.25, -0.2) is 13.4 Å². The van der Waals surface area contributed by atoms with E-state index in [1.54, 1.807) is 24.5 Å². The predicted octanol–water partition coefficient (Wildman–Crippen LogP) is 4.28. The normalized spacial score (nSPS) is 17.1. The summed E-state index contributed by atoms with van der Waals surface area (Å²) in [7, 11) is 0.112. The zero-order valence-corrected chi connectivity index (χ0v) is 27.5. The van der Waals surface area contributed by atoms with Crippen molar-refractivity contribution >= 4 is 71.5 Å². The van der Waals surface area contributed by atoms with Crippen LogP contribution in [0.4, 0.5) is 34.5 Å². The molecule has 4 aromatic rings. The molecule has 44 heavy (non-hydrogen) atoms. The minimum absolute atomic E-state index is 0.377. The van der Waals surface area contributed by atoms with Crippen LogP contribution in [0.15, 0.2) is 59.5 Å². The van der Waals surface area contributed by atoms with Crippen molar-refractivity contribution in [2.45, 2.75) is 18.9 Å². The molecule has 4 heterocycles. The fourth-order valence-electron chi connectivity index (χ4n) is 5.84. The average Bonchev–Trinajstić information content (AvgIpc) is 3.02. The van der Waals surface area contributed by atoms with Gasteiger partial charge in [0, 0.05) is 82.3 Å². The third-order valence-electron chi connectivity index (χ3n) is 8.41. The molecule has 0 unspecified atom stereocenters. The molecule has 2 saturated heterocycles. The molecule has 232 valence electrons. The Hall–Kier alpha value is -3.59. The van der Waals surface area contributed by atoms with Crippen molar-refractivity contribution in [2.24, 2.45) is 0 Å². The molecule has 0 aliphatic carbocycles. The molecule has 0 radical (unpaired) electrons. The van der Waals surface area contributed by atoms with Gasteiger partial charge in [0.15, 0.2) is 0 Å². The summed E-state index contributed by atoms with van der Waals surface area (Å²) >= 11 is 3.54. The van der Waals surface area contributed by atoms with Gasteiger partial charge in [0.05, 0.1) is 21.9 Å². The van der Waals surface area contributed by atoms with E-state index in [2.05, 4.69) is 75.4 Å². The van der Waals surface area contributed by atoms with Crippen LogP contribution in [-0.4, -0.2) is 104 Å². The van der Waals surface area contributed by atoms with Crippen LogP contribution in [0.1, 0.15) is 12.8 Å². The number of aromatic nitrogens is 4. The number of rotatable bonds is 8. The van der Waals surface area contributed by atoms with E-state index in [4.69, 9.17) is 4.98 Å². The number of anilines is 6. The fourth-order valence-corrected chi connectivity index (χ4v) is 6.64. The van der Waals surface area contributed by atoms with Crippen molar-refractivity contribution in [3.8, 4) is 0 Å². The zero-order valence-electron chi connectivity index (χ0n) is 25.1. The monoisotopic (exact) mass is 680 g/mol. The Bertz CT molecular complexity index is 1740. The van der Waals surface area contributed by atoms with Crippen LogP contribution in [0, 0.1) is 0 Å². The second-order valence-electron chi connectivity index (χ2n) is 11.4. The number of hydrogen-bond acceptors (Lipinski definition) is 11.